The molecule has 1 aromatic carbocycles. The zero-order chi connectivity index (χ0) is 17.3. The summed E-state index contributed by atoms with van der Waals surface area (Å²) in [7, 11) is 1.63. The maximum absolute atomic E-state index is 12.5. The number of carbonyl (C=O) groups is 1. The first-order chi connectivity index (χ1) is 11.6. The molecule has 0 amide bonds. The molecular formula is C19H28N2O3. The van der Waals surface area contributed by atoms with Gasteiger partial charge in [-0.05, 0) is 50.4 Å². The molecule has 1 saturated carbocycles. The van der Waals surface area contributed by atoms with Crippen molar-refractivity contribution in [1.29, 1.82) is 0 Å². The fourth-order valence-corrected chi connectivity index (χ4v) is 4.36. The molecule has 24 heavy (non-hydrogen) atoms. The number of ketones is 1. The summed E-state index contributed by atoms with van der Waals surface area (Å²) in [6, 6.07) is 4.44. The van der Waals surface area contributed by atoms with Crippen LogP contribution in [0.2, 0.25) is 0 Å². The second kappa shape index (κ2) is 7.01. The van der Waals surface area contributed by atoms with E-state index in [1.165, 1.54) is 0 Å². The maximum atomic E-state index is 12.5. The first-order valence-corrected chi connectivity index (χ1v) is 8.99. The third-order valence-electron chi connectivity index (χ3n) is 5.31. The number of nitrogen functional groups attached to an aromatic ring is 1. The van der Waals surface area contributed by atoms with Crippen LogP contribution in [0.1, 0.15) is 51.1 Å². The summed E-state index contributed by atoms with van der Waals surface area (Å²) >= 11 is 0. The standard InChI is InChI=1S/C19H28N2O3/c1-4-8-21-13-6-7-14(16(22)11-13)18(21)12-9-15(20)19(24-5-2)17(10-12)23-3/h9-10,13-14,18H,4-8,11,20H2,1-3H3. The minimum Gasteiger partial charge on any atom is -0.493 e. The number of hydrogen-bond acceptors (Lipinski definition) is 5. The van der Waals surface area contributed by atoms with Gasteiger partial charge in [-0.1, -0.05) is 6.92 Å². The fraction of sp³-hybridized carbons (Fsp3) is 0.632. The molecule has 2 N–H and O–H groups in total. The quantitative estimate of drug-likeness (QED) is 0.811. The van der Waals surface area contributed by atoms with Gasteiger partial charge in [0.25, 0.3) is 0 Å². The first kappa shape index (κ1) is 17.1. The monoisotopic (exact) mass is 332 g/mol. The third-order valence-corrected chi connectivity index (χ3v) is 5.31. The smallest absolute Gasteiger partial charge is 0.184 e. The normalized spacial score (nSPS) is 26.6. The molecule has 3 unspecified atom stereocenters. The van der Waals surface area contributed by atoms with E-state index in [1.54, 1.807) is 7.11 Å². The van der Waals surface area contributed by atoms with Crippen molar-refractivity contribution >= 4 is 11.5 Å². The molecular weight excluding hydrogens is 304 g/mol. The lowest BCUT2D eigenvalue weighted by molar-refractivity contribution is -0.138. The molecule has 1 aliphatic carbocycles. The summed E-state index contributed by atoms with van der Waals surface area (Å²) in [6.07, 6.45) is 3.88. The summed E-state index contributed by atoms with van der Waals surface area (Å²) in [5.74, 6) is 1.72. The van der Waals surface area contributed by atoms with Gasteiger partial charge in [0.05, 0.1) is 19.4 Å². The number of nitrogens with two attached hydrogens (primary N) is 1. The molecule has 3 aliphatic rings. The van der Waals surface area contributed by atoms with Crippen molar-refractivity contribution in [2.75, 3.05) is 26.0 Å². The second-order valence-corrected chi connectivity index (χ2v) is 6.77. The lowest BCUT2D eigenvalue weighted by Gasteiger charge is -2.50. The van der Waals surface area contributed by atoms with Crippen LogP contribution in [0.25, 0.3) is 0 Å². The van der Waals surface area contributed by atoms with Crippen LogP contribution in [0.3, 0.4) is 0 Å². The Hall–Kier alpha value is -1.75. The number of ether oxygens (including phenoxy) is 2. The first-order valence-electron chi connectivity index (χ1n) is 8.99. The molecule has 2 bridgehead atoms. The minimum absolute atomic E-state index is 0.0728. The highest BCUT2D eigenvalue weighted by atomic mass is 16.5. The molecule has 5 nitrogen and oxygen atoms in total. The van der Waals surface area contributed by atoms with E-state index in [1.807, 2.05) is 19.1 Å². The Morgan fingerprint density at radius 1 is 1.29 bits per heavy atom. The maximum Gasteiger partial charge on any atom is 0.184 e. The molecule has 3 atom stereocenters. The molecule has 4 rings (SSSR count). The van der Waals surface area contributed by atoms with Crippen LogP contribution in [-0.2, 0) is 4.79 Å². The van der Waals surface area contributed by atoms with E-state index in [0.717, 1.165) is 31.4 Å². The Labute approximate surface area is 144 Å². The van der Waals surface area contributed by atoms with Gasteiger partial charge in [-0.3, -0.25) is 9.69 Å². The number of nitrogens with zero attached hydrogens (tertiary/aromatic N) is 1. The van der Waals surface area contributed by atoms with Crippen LogP contribution >= 0.6 is 0 Å². The van der Waals surface area contributed by atoms with E-state index in [-0.39, 0.29) is 12.0 Å². The van der Waals surface area contributed by atoms with E-state index in [0.29, 0.717) is 42.0 Å². The van der Waals surface area contributed by atoms with Gasteiger partial charge < -0.3 is 15.2 Å². The average molecular weight is 332 g/mol. The number of methoxy groups -OCH3 is 1. The molecule has 1 aromatic rings. The summed E-state index contributed by atoms with van der Waals surface area (Å²) in [4.78, 5) is 15.0. The number of anilines is 1. The van der Waals surface area contributed by atoms with Gasteiger partial charge in [0.2, 0.25) is 0 Å². The number of benzene rings is 1. The van der Waals surface area contributed by atoms with E-state index in [9.17, 15) is 4.79 Å². The SMILES string of the molecule is CCCN1C2CCC(C(=O)C2)C1c1cc(N)c(OCC)c(OC)c1. The highest BCUT2D eigenvalue weighted by molar-refractivity contribution is 5.84. The molecule has 0 spiro atoms. The lowest BCUT2D eigenvalue weighted by Crippen LogP contribution is -2.54. The molecule has 132 valence electrons. The van der Waals surface area contributed by atoms with Crippen molar-refractivity contribution in [3.05, 3.63) is 17.7 Å². The van der Waals surface area contributed by atoms with E-state index in [2.05, 4.69) is 11.8 Å². The van der Waals surface area contributed by atoms with Crippen LogP contribution in [0, 0.1) is 5.92 Å². The van der Waals surface area contributed by atoms with Crippen molar-refractivity contribution in [1.82, 2.24) is 4.90 Å². The number of fused-ring (bicyclic) bond motifs is 3. The van der Waals surface area contributed by atoms with Gasteiger partial charge >= 0.3 is 0 Å². The zero-order valence-corrected chi connectivity index (χ0v) is 14.9. The van der Waals surface area contributed by atoms with Gasteiger partial charge in [0.1, 0.15) is 5.78 Å². The van der Waals surface area contributed by atoms with Gasteiger partial charge in [0, 0.05) is 24.4 Å². The summed E-state index contributed by atoms with van der Waals surface area (Å²) in [6.45, 7) is 5.66. The molecule has 2 saturated heterocycles. The van der Waals surface area contributed by atoms with Gasteiger partial charge in [-0.15, -0.1) is 0 Å². The summed E-state index contributed by atoms with van der Waals surface area (Å²) < 4.78 is 11.1. The Kier molecular flexibility index (Phi) is 4.99. The molecule has 0 radical (unpaired) electrons. The molecule has 2 aliphatic heterocycles. The van der Waals surface area contributed by atoms with Crippen LogP contribution in [0.15, 0.2) is 12.1 Å². The van der Waals surface area contributed by atoms with Crippen molar-refractivity contribution in [2.24, 2.45) is 5.92 Å². The lowest BCUT2D eigenvalue weighted by atomic mass is 9.71. The fourth-order valence-electron chi connectivity index (χ4n) is 4.36. The van der Waals surface area contributed by atoms with Crippen LogP contribution < -0.4 is 15.2 Å². The van der Waals surface area contributed by atoms with Crippen molar-refractivity contribution in [3.63, 3.8) is 0 Å². The summed E-state index contributed by atoms with van der Waals surface area (Å²) in [5.41, 5.74) is 7.89. The Bertz CT molecular complexity index is 617. The highest BCUT2D eigenvalue weighted by Crippen LogP contribution is 2.48. The number of rotatable bonds is 6. The number of carbonyl (C=O) groups excluding carboxylic acids is 1. The van der Waals surface area contributed by atoms with Gasteiger partial charge in [0.15, 0.2) is 11.5 Å². The number of hydrogen-bond donors (Lipinski definition) is 1. The topological polar surface area (TPSA) is 64.8 Å². The largest absolute Gasteiger partial charge is 0.493 e. The van der Waals surface area contributed by atoms with Crippen LogP contribution in [0.4, 0.5) is 5.69 Å². The van der Waals surface area contributed by atoms with Crippen molar-refractivity contribution < 1.29 is 14.3 Å². The van der Waals surface area contributed by atoms with Gasteiger partial charge in [-0.2, -0.15) is 0 Å². The van der Waals surface area contributed by atoms with Crippen molar-refractivity contribution in [2.45, 2.75) is 51.6 Å². The summed E-state index contributed by atoms with van der Waals surface area (Å²) in [5, 5.41) is 0. The van der Waals surface area contributed by atoms with Gasteiger partial charge in [-0.25, -0.2) is 0 Å². The molecule has 3 fully saturated rings. The Morgan fingerprint density at radius 3 is 2.71 bits per heavy atom. The second-order valence-electron chi connectivity index (χ2n) is 6.77. The van der Waals surface area contributed by atoms with Crippen LogP contribution in [-0.4, -0.2) is 37.0 Å². The van der Waals surface area contributed by atoms with E-state index >= 15 is 0 Å². The average Bonchev–Trinajstić information content (AvgIpc) is 2.57. The Morgan fingerprint density at radius 2 is 2.08 bits per heavy atom. The minimum atomic E-state index is 0.0728. The molecule has 5 heteroatoms. The predicted molar refractivity (Wildman–Crippen MR) is 94.4 cm³/mol. The van der Waals surface area contributed by atoms with E-state index in [4.69, 9.17) is 15.2 Å². The predicted octanol–water partition coefficient (Wildman–Crippen LogP) is 3.18. The highest BCUT2D eigenvalue weighted by Gasteiger charge is 2.46. The van der Waals surface area contributed by atoms with E-state index < -0.39 is 0 Å². The van der Waals surface area contributed by atoms with Crippen molar-refractivity contribution in [3.8, 4) is 11.5 Å². The zero-order valence-electron chi connectivity index (χ0n) is 14.9. The molecule has 0 aromatic heterocycles. The molecule has 2 heterocycles. The third kappa shape index (κ3) is 2.86. The number of Topliss-reactive ketones (excluding diaryl/α,β-unsaturated/α-hetero) is 1. The van der Waals surface area contributed by atoms with Crippen LogP contribution in [0.5, 0.6) is 11.5 Å². The Balaban J connectivity index is 2.02. The number of piperidine rings is 2.